The summed E-state index contributed by atoms with van der Waals surface area (Å²) in [4.78, 5) is 10.9. The van der Waals surface area contributed by atoms with Crippen molar-refractivity contribution in [2.75, 3.05) is 20.3 Å². The Balaban J connectivity index is 0.00000121. The minimum Gasteiger partial charge on any atom is -1.00 e. The number of ether oxygens (including phenoxy) is 2. The highest BCUT2D eigenvalue weighted by atomic mass is 35.5. The third-order valence-corrected chi connectivity index (χ3v) is 2.10. The van der Waals surface area contributed by atoms with Crippen LogP contribution in [0.4, 0.5) is 0 Å². The summed E-state index contributed by atoms with van der Waals surface area (Å²) in [7, 11) is 1.42. The highest BCUT2D eigenvalue weighted by Gasteiger charge is 2.32. The third kappa shape index (κ3) is 2.99. The predicted molar refractivity (Wildman–Crippen MR) is 40.2 cm³/mol. The zero-order chi connectivity index (χ0) is 8.32. The van der Waals surface area contributed by atoms with Gasteiger partial charge in [0.05, 0.1) is 20.1 Å². The molecule has 1 fully saturated rings. The third-order valence-electron chi connectivity index (χ3n) is 2.10. The largest absolute Gasteiger partial charge is 1.00 e. The number of halogens is 1. The second-order valence-electron chi connectivity index (χ2n) is 3.37. The van der Waals surface area contributed by atoms with Gasteiger partial charge in [-0.2, -0.15) is 0 Å². The van der Waals surface area contributed by atoms with Crippen LogP contribution in [0.2, 0.25) is 0 Å². The molecule has 1 rings (SSSR count). The molecule has 3 nitrogen and oxygen atoms in total. The molecule has 0 amide bonds. The Hall–Kier alpha value is -0.280. The molecule has 1 unspecified atom stereocenters. The maximum absolute atomic E-state index is 10.9. The Morgan fingerprint density at radius 1 is 1.67 bits per heavy atom. The second kappa shape index (κ2) is 4.67. The van der Waals surface area contributed by atoms with Crippen molar-refractivity contribution < 1.29 is 26.7 Å². The van der Waals surface area contributed by atoms with Gasteiger partial charge in [0.15, 0.2) is 0 Å². The van der Waals surface area contributed by atoms with Gasteiger partial charge in [-0.1, -0.05) is 6.92 Å². The number of hydrogen-bond donors (Lipinski definition) is 0. The number of carbonyl (C=O) groups is 1. The quantitative estimate of drug-likeness (QED) is 0.475. The molecule has 0 radical (unpaired) electrons. The Kier molecular flexibility index (Phi) is 4.57. The van der Waals surface area contributed by atoms with Crippen LogP contribution in [0, 0.1) is 5.41 Å². The van der Waals surface area contributed by atoms with E-state index in [9.17, 15) is 4.79 Å². The van der Waals surface area contributed by atoms with Crippen molar-refractivity contribution in [1.82, 2.24) is 0 Å². The molecule has 0 spiro atoms. The maximum atomic E-state index is 10.9. The van der Waals surface area contributed by atoms with Gasteiger partial charge in [-0.3, -0.25) is 4.79 Å². The van der Waals surface area contributed by atoms with E-state index >= 15 is 0 Å². The lowest BCUT2D eigenvalue weighted by molar-refractivity contribution is -0.143. The summed E-state index contributed by atoms with van der Waals surface area (Å²) in [5, 5.41) is 0. The van der Waals surface area contributed by atoms with Gasteiger partial charge in [-0.15, -0.1) is 0 Å². The molecule has 72 valence electrons. The summed E-state index contributed by atoms with van der Waals surface area (Å²) in [6, 6.07) is 0. The molecule has 0 N–H and O–H groups in total. The van der Waals surface area contributed by atoms with Gasteiger partial charge in [0.2, 0.25) is 0 Å². The van der Waals surface area contributed by atoms with Crippen molar-refractivity contribution in [2.45, 2.75) is 19.8 Å². The first-order chi connectivity index (χ1) is 5.16. The highest BCUT2D eigenvalue weighted by Crippen LogP contribution is 2.31. The average Bonchev–Trinajstić information content (AvgIpc) is 2.36. The molecule has 1 aliphatic rings. The molecule has 0 aromatic rings. The standard InChI is InChI=1S/C8H14O3.ClH/c1-8(3-4-11-6-8)5-7(9)10-2;/h3-6H2,1-2H3;1H/p-1. The van der Waals surface area contributed by atoms with Crippen molar-refractivity contribution in [3.63, 3.8) is 0 Å². The summed E-state index contributed by atoms with van der Waals surface area (Å²) in [6.07, 6.45) is 1.44. The van der Waals surface area contributed by atoms with Crippen LogP contribution < -0.4 is 12.4 Å². The Morgan fingerprint density at radius 2 is 2.33 bits per heavy atom. The maximum Gasteiger partial charge on any atom is 0.306 e. The molecule has 0 bridgehead atoms. The van der Waals surface area contributed by atoms with E-state index in [0.29, 0.717) is 13.0 Å². The van der Waals surface area contributed by atoms with Gasteiger partial charge in [0.1, 0.15) is 0 Å². The molecule has 12 heavy (non-hydrogen) atoms. The van der Waals surface area contributed by atoms with E-state index in [1.165, 1.54) is 7.11 Å². The van der Waals surface area contributed by atoms with Crippen molar-refractivity contribution in [2.24, 2.45) is 5.41 Å². The molecule has 0 saturated carbocycles. The molecule has 0 aromatic carbocycles. The minimum atomic E-state index is -0.141. The summed E-state index contributed by atoms with van der Waals surface area (Å²) < 4.78 is 9.78. The van der Waals surface area contributed by atoms with Crippen LogP contribution in [-0.4, -0.2) is 26.3 Å². The van der Waals surface area contributed by atoms with Gasteiger partial charge in [-0.25, -0.2) is 0 Å². The first-order valence-electron chi connectivity index (χ1n) is 3.81. The number of hydrogen-bond acceptors (Lipinski definition) is 3. The summed E-state index contributed by atoms with van der Waals surface area (Å²) in [5.74, 6) is -0.141. The van der Waals surface area contributed by atoms with Gasteiger partial charge in [0, 0.05) is 12.0 Å². The SMILES string of the molecule is COC(=O)CC1(C)CCOC1.[Cl-]. The second-order valence-corrected chi connectivity index (χ2v) is 3.37. The average molecular weight is 194 g/mol. The number of esters is 1. The zero-order valence-electron chi connectivity index (χ0n) is 7.43. The Morgan fingerprint density at radius 3 is 2.75 bits per heavy atom. The molecular formula is C8H14ClO3-. The molecule has 4 heteroatoms. The molecule has 1 atom stereocenters. The van der Waals surface area contributed by atoms with Gasteiger partial charge in [-0.05, 0) is 6.42 Å². The van der Waals surface area contributed by atoms with Crippen molar-refractivity contribution in [1.29, 1.82) is 0 Å². The smallest absolute Gasteiger partial charge is 0.306 e. The predicted octanol–water partition coefficient (Wildman–Crippen LogP) is -2.02. The molecule has 1 saturated heterocycles. The van der Waals surface area contributed by atoms with Crippen LogP contribution in [0.25, 0.3) is 0 Å². The van der Waals surface area contributed by atoms with Crippen LogP contribution in [-0.2, 0) is 14.3 Å². The summed E-state index contributed by atoms with van der Waals surface area (Å²) in [5.41, 5.74) is 0.0209. The first kappa shape index (κ1) is 11.7. The van der Waals surface area contributed by atoms with Gasteiger partial charge < -0.3 is 21.9 Å². The number of rotatable bonds is 2. The van der Waals surface area contributed by atoms with Crippen LogP contribution >= 0.6 is 0 Å². The lowest BCUT2D eigenvalue weighted by Crippen LogP contribution is -3.00. The van der Waals surface area contributed by atoms with Crippen LogP contribution in [0.5, 0.6) is 0 Å². The fourth-order valence-electron chi connectivity index (χ4n) is 1.27. The molecule has 0 aliphatic carbocycles. The van der Waals surface area contributed by atoms with Crippen LogP contribution in [0.15, 0.2) is 0 Å². The highest BCUT2D eigenvalue weighted by molar-refractivity contribution is 5.70. The zero-order valence-corrected chi connectivity index (χ0v) is 8.19. The van der Waals surface area contributed by atoms with Crippen molar-refractivity contribution in [3.05, 3.63) is 0 Å². The fraction of sp³-hybridized carbons (Fsp3) is 0.875. The Labute approximate surface area is 78.8 Å². The molecule has 1 heterocycles. The molecule has 1 aliphatic heterocycles. The van der Waals surface area contributed by atoms with E-state index in [2.05, 4.69) is 11.7 Å². The van der Waals surface area contributed by atoms with E-state index in [1.54, 1.807) is 0 Å². The fourth-order valence-corrected chi connectivity index (χ4v) is 1.27. The lowest BCUT2D eigenvalue weighted by Gasteiger charge is -2.18. The van der Waals surface area contributed by atoms with Crippen LogP contribution in [0.3, 0.4) is 0 Å². The number of methoxy groups -OCH3 is 1. The molecule has 0 aromatic heterocycles. The lowest BCUT2D eigenvalue weighted by atomic mass is 9.86. The first-order valence-corrected chi connectivity index (χ1v) is 3.81. The van der Waals surface area contributed by atoms with Crippen molar-refractivity contribution in [3.8, 4) is 0 Å². The Bertz CT molecular complexity index is 152. The van der Waals surface area contributed by atoms with E-state index < -0.39 is 0 Å². The van der Waals surface area contributed by atoms with E-state index in [1.807, 2.05) is 0 Å². The number of carbonyl (C=O) groups excluding carboxylic acids is 1. The van der Waals surface area contributed by atoms with E-state index in [0.717, 1.165) is 13.0 Å². The van der Waals surface area contributed by atoms with Gasteiger partial charge in [0.25, 0.3) is 0 Å². The van der Waals surface area contributed by atoms with Gasteiger partial charge >= 0.3 is 5.97 Å². The van der Waals surface area contributed by atoms with E-state index in [-0.39, 0.29) is 23.8 Å². The summed E-state index contributed by atoms with van der Waals surface area (Å²) in [6.45, 7) is 3.51. The summed E-state index contributed by atoms with van der Waals surface area (Å²) >= 11 is 0. The topological polar surface area (TPSA) is 35.5 Å². The minimum absolute atomic E-state index is 0. The van der Waals surface area contributed by atoms with Crippen molar-refractivity contribution >= 4 is 5.97 Å². The monoisotopic (exact) mass is 193 g/mol. The van der Waals surface area contributed by atoms with E-state index in [4.69, 9.17) is 4.74 Å². The molecular weight excluding hydrogens is 180 g/mol. The normalized spacial score (nSPS) is 27.8. The van der Waals surface area contributed by atoms with Crippen LogP contribution in [0.1, 0.15) is 19.8 Å².